The Balaban J connectivity index is 2.27. The van der Waals surface area contributed by atoms with Crippen LogP contribution >= 0.6 is 11.6 Å². The molecule has 0 aliphatic heterocycles. The van der Waals surface area contributed by atoms with Crippen molar-refractivity contribution in [1.29, 1.82) is 0 Å². The average molecular weight is 373 g/mol. The number of nitrogens with zero attached hydrogens (tertiary/aromatic N) is 1. The number of hydrogen-bond donors (Lipinski definition) is 1. The van der Waals surface area contributed by atoms with Crippen LogP contribution in [-0.4, -0.2) is 37.2 Å². The van der Waals surface area contributed by atoms with Crippen LogP contribution in [-0.2, 0) is 0 Å². The van der Waals surface area contributed by atoms with E-state index in [1.807, 2.05) is 12.1 Å². The zero-order valence-electron chi connectivity index (χ0n) is 12.0. The fourth-order valence-electron chi connectivity index (χ4n) is 1.73. The van der Waals surface area contributed by atoms with Crippen molar-refractivity contribution in [2.75, 3.05) is 6.61 Å². The summed E-state index contributed by atoms with van der Waals surface area (Å²) in [5, 5.41) is 9.63. The first kappa shape index (κ1) is 16.1. The Bertz CT molecular complexity index is 667. The van der Waals surface area contributed by atoms with Crippen LogP contribution in [0.2, 0.25) is 5.02 Å². The molecule has 0 bridgehead atoms. The van der Waals surface area contributed by atoms with Crippen molar-refractivity contribution >= 4 is 32.1 Å². The Morgan fingerprint density at radius 2 is 2.19 bits per heavy atom. The first-order valence-corrected chi connectivity index (χ1v) is 8.61. The van der Waals surface area contributed by atoms with Crippen LogP contribution in [0.1, 0.15) is 28.8 Å². The maximum absolute atomic E-state index is 11.1. The van der Waals surface area contributed by atoms with Crippen LogP contribution in [0.15, 0.2) is 18.2 Å². The van der Waals surface area contributed by atoms with Gasteiger partial charge < -0.3 is 0 Å². The molecule has 1 N–H and O–H groups in total. The zero-order valence-corrected chi connectivity index (χ0v) is 14.5. The SMILES string of the molecule is Cc1nc(-c2ccc(OCC(C)C)c(Cl)c2)[se]c1C(=O)O. The van der Waals surface area contributed by atoms with E-state index in [9.17, 15) is 4.79 Å². The van der Waals surface area contributed by atoms with Crippen LogP contribution in [0, 0.1) is 12.8 Å². The Morgan fingerprint density at radius 1 is 1.48 bits per heavy atom. The number of carbonyl (C=O) groups is 1. The fraction of sp³-hybridized carbons (Fsp3) is 0.333. The van der Waals surface area contributed by atoms with Crippen molar-refractivity contribution in [3.8, 4) is 15.9 Å². The molecule has 112 valence electrons. The molecule has 0 aliphatic carbocycles. The van der Waals surface area contributed by atoms with Crippen LogP contribution in [0.5, 0.6) is 5.75 Å². The summed E-state index contributed by atoms with van der Waals surface area (Å²) in [5.74, 6) is 0.172. The molecule has 0 saturated heterocycles. The van der Waals surface area contributed by atoms with E-state index < -0.39 is 5.97 Å². The second-order valence-electron chi connectivity index (χ2n) is 5.09. The molecule has 6 heteroatoms. The quantitative estimate of drug-likeness (QED) is 0.816. The molecular formula is C15H16ClNO3Se. The summed E-state index contributed by atoms with van der Waals surface area (Å²) < 4.78 is 6.81. The summed E-state index contributed by atoms with van der Waals surface area (Å²) in [6.45, 7) is 6.47. The molecule has 1 aromatic heterocycles. The van der Waals surface area contributed by atoms with E-state index in [1.54, 1.807) is 13.0 Å². The van der Waals surface area contributed by atoms with Crippen molar-refractivity contribution in [1.82, 2.24) is 4.98 Å². The Labute approximate surface area is 134 Å². The Hall–Kier alpha value is -1.29. The molecule has 2 rings (SSSR count). The van der Waals surface area contributed by atoms with Gasteiger partial charge in [-0.1, -0.05) is 0 Å². The zero-order chi connectivity index (χ0) is 15.6. The topological polar surface area (TPSA) is 59.4 Å². The van der Waals surface area contributed by atoms with E-state index in [1.165, 1.54) is 0 Å². The monoisotopic (exact) mass is 373 g/mol. The van der Waals surface area contributed by atoms with Gasteiger partial charge in [-0.3, -0.25) is 0 Å². The van der Waals surface area contributed by atoms with Crippen molar-refractivity contribution in [3.05, 3.63) is 33.4 Å². The predicted octanol–water partition coefficient (Wildman–Crippen LogP) is 3.50. The van der Waals surface area contributed by atoms with Crippen molar-refractivity contribution in [3.63, 3.8) is 0 Å². The number of hydrogen-bond acceptors (Lipinski definition) is 3. The molecule has 0 spiro atoms. The molecule has 21 heavy (non-hydrogen) atoms. The van der Waals surface area contributed by atoms with Gasteiger partial charge in [-0.15, -0.1) is 0 Å². The van der Waals surface area contributed by atoms with Gasteiger partial charge in [-0.05, 0) is 0 Å². The molecule has 0 saturated carbocycles. The summed E-state index contributed by atoms with van der Waals surface area (Å²) in [6.07, 6.45) is 0. The van der Waals surface area contributed by atoms with Gasteiger partial charge in [0, 0.05) is 0 Å². The predicted molar refractivity (Wildman–Crippen MR) is 83.7 cm³/mol. The molecule has 2 aromatic rings. The van der Waals surface area contributed by atoms with E-state index in [2.05, 4.69) is 18.8 Å². The average Bonchev–Trinajstić information content (AvgIpc) is 2.79. The van der Waals surface area contributed by atoms with Crippen molar-refractivity contribution < 1.29 is 14.6 Å². The number of carboxylic acid groups (broad SMARTS) is 1. The molecule has 0 unspecified atom stereocenters. The third kappa shape index (κ3) is 3.88. The van der Waals surface area contributed by atoms with Gasteiger partial charge in [-0.2, -0.15) is 0 Å². The molecule has 1 aromatic carbocycles. The molecule has 1 heterocycles. The van der Waals surface area contributed by atoms with Crippen LogP contribution < -0.4 is 4.74 Å². The second-order valence-corrected chi connectivity index (χ2v) is 7.59. The van der Waals surface area contributed by atoms with E-state index in [-0.39, 0.29) is 14.5 Å². The number of aromatic nitrogens is 1. The first-order valence-electron chi connectivity index (χ1n) is 6.52. The van der Waals surface area contributed by atoms with E-state index in [0.29, 0.717) is 33.4 Å². The number of aryl methyl sites for hydroxylation is 1. The van der Waals surface area contributed by atoms with Crippen molar-refractivity contribution in [2.45, 2.75) is 20.8 Å². The van der Waals surface area contributed by atoms with E-state index >= 15 is 0 Å². The number of benzene rings is 1. The van der Waals surface area contributed by atoms with Crippen LogP contribution in [0.4, 0.5) is 0 Å². The minimum atomic E-state index is -0.894. The maximum atomic E-state index is 11.1. The van der Waals surface area contributed by atoms with Crippen molar-refractivity contribution in [2.24, 2.45) is 5.92 Å². The molecule has 0 radical (unpaired) electrons. The number of aromatic carboxylic acids is 1. The van der Waals surface area contributed by atoms with E-state index in [4.69, 9.17) is 21.4 Å². The summed E-state index contributed by atoms with van der Waals surface area (Å²) >= 11 is 5.93. The second kappa shape index (κ2) is 6.65. The van der Waals surface area contributed by atoms with Gasteiger partial charge in [0.05, 0.1) is 0 Å². The molecular weight excluding hydrogens is 357 g/mol. The third-order valence-electron chi connectivity index (χ3n) is 2.74. The third-order valence-corrected chi connectivity index (χ3v) is 5.54. The van der Waals surface area contributed by atoms with Gasteiger partial charge in [0.25, 0.3) is 0 Å². The molecule has 0 amide bonds. The summed E-state index contributed by atoms with van der Waals surface area (Å²) in [6, 6.07) is 5.48. The van der Waals surface area contributed by atoms with Gasteiger partial charge in [0.15, 0.2) is 0 Å². The summed E-state index contributed by atoms with van der Waals surface area (Å²) in [4.78, 5) is 15.4. The Morgan fingerprint density at radius 3 is 2.71 bits per heavy atom. The van der Waals surface area contributed by atoms with E-state index in [0.717, 1.165) is 10.1 Å². The van der Waals surface area contributed by atoms with Gasteiger partial charge in [-0.25, -0.2) is 0 Å². The van der Waals surface area contributed by atoms with Gasteiger partial charge >= 0.3 is 134 Å². The molecule has 0 atom stereocenters. The fourth-order valence-corrected chi connectivity index (χ4v) is 3.85. The van der Waals surface area contributed by atoms with Crippen LogP contribution in [0.3, 0.4) is 0 Å². The first-order chi connectivity index (χ1) is 9.88. The molecule has 0 aliphatic rings. The number of halogens is 1. The summed E-state index contributed by atoms with van der Waals surface area (Å²) in [7, 11) is 0. The summed E-state index contributed by atoms with van der Waals surface area (Å²) in [5.41, 5.74) is 1.43. The van der Waals surface area contributed by atoms with Gasteiger partial charge in [0.1, 0.15) is 0 Å². The van der Waals surface area contributed by atoms with Crippen LogP contribution in [0.25, 0.3) is 10.1 Å². The Kier molecular flexibility index (Phi) is 5.09. The standard InChI is InChI=1S/C15H16ClNO3Se/c1-8(2)7-20-12-5-4-10(6-11(12)16)14-17-9(3)13(21-14)15(18)19/h4-6,8H,7H2,1-3H3,(H,18,19). The number of ether oxygens (including phenoxy) is 1. The minimum absolute atomic E-state index is 0.292. The number of carboxylic acids is 1. The number of rotatable bonds is 5. The van der Waals surface area contributed by atoms with Gasteiger partial charge in [0.2, 0.25) is 0 Å². The molecule has 0 fully saturated rings. The molecule has 4 nitrogen and oxygen atoms in total. The normalized spacial score (nSPS) is 10.9.